The fraction of sp³-hybridized carbons (Fsp3) is 0.231. The van der Waals surface area contributed by atoms with E-state index in [-0.39, 0.29) is 5.91 Å². The van der Waals surface area contributed by atoms with Crippen molar-refractivity contribution in [1.29, 1.82) is 0 Å². The zero-order valence-electron chi connectivity index (χ0n) is 16.9. The number of hydrogen-bond acceptors (Lipinski definition) is 2. The van der Waals surface area contributed by atoms with E-state index < -0.39 is 0 Å². The van der Waals surface area contributed by atoms with Crippen LogP contribution < -0.4 is 5.32 Å². The zero-order valence-corrected chi connectivity index (χ0v) is 16.9. The van der Waals surface area contributed by atoms with E-state index in [1.165, 1.54) is 32.1 Å². The Morgan fingerprint density at radius 3 is 2.30 bits per heavy atom. The largest absolute Gasteiger partial charge is 0.322 e. The second-order valence-corrected chi connectivity index (χ2v) is 7.99. The molecule has 0 unspecified atom stereocenters. The first kappa shape index (κ1) is 18.6. The van der Waals surface area contributed by atoms with Crippen LogP contribution in [-0.2, 0) is 0 Å². The van der Waals surface area contributed by atoms with Gasteiger partial charge in [0.1, 0.15) is 5.82 Å². The minimum atomic E-state index is -0.114. The average Bonchev–Trinajstić information content (AvgIpc) is 3.20. The van der Waals surface area contributed by atoms with Crippen molar-refractivity contribution >= 4 is 22.6 Å². The molecule has 4 heteroatoms. The topological polar surface area (TPSA) is 46.9 Å². The van der Waals surface area contributed by atoms with Crippen molar-refractivity contribution < 1.29 is 4.79 Å². The first-order chi connectivity index (χ1) is 14.8. The van der Waals surface area contributed by atoms with Gasteiger partial charge in [0, 0.05) is 22.9 Å². The van der Waals surface area contributed by atoms with Gasteiger partial charge in [0.05, 0.1) is 11.0 Å². The number of anilines is 1. The number of carbonyl (C=O) groups excluding carboxylic acids is 1. The summed E-state index contributed by atoms with van der Waals surface area (Å²) in [6.07, 6.45) is 6.20. The molecule has 0 aliphatic heterocycles. The average molecular weight is 396 g/mol. The summed E-state index contributed by atoms with van der Waals surface area (Å²) >= 11 is 0. The SMILES string of the molecule is O=C(Nc1ccccc1)c1ccc2c(c1)nc(-c1ccccc1)n2C1CCCCC1. The third-order valence-corrected chi connectivity index (χ3v) is 5.96. The van der Waals surface area contributed by atoms with E-state index in [1.54, 1.807) is 0 Å². The minimum Gasteiger partial charge on any atom is -0.322 e. The molecule has 1 aromatic heterocycles. The maximum Gasteiger partial charge on any atom is 0.255 e. The van der Waals surface area contributed by atoms with E-state index in [4.69, 9.17) is 4.98 Å². The van der Waals surface area contributed by atoms with Crippen LogP contribution in [0.1, 0.15) is 48.5 Å². The van der Waals surface area contributed by atoms with Gasteiger partial charge < -0.3 is 9.88 Å². The molecule has 150 valence electrons. The minimum absolute atomic E-state index is 0.114. The third-order valence-electron chi connectivity index (χ3n) is 5.96. The number of carbonyl (C=O) groups is 1. The fourth-order valence-corrected chi connectivity index (χ4v) is 4.46. The highest BCUT2D eigenvalue weighted by molar-refractivity contribution is 6.06. The lowest BCUT2D eigenvalue weighted by Gasteiger charge is -2.25. The zero-order chi connectivity index (χ0) is 20.3. The summed E-state index contributed by atoms with van der Waals surface area (Å²) in [5.41, 5.74) is 4.52. The van der Waals surface area contributed by atoms with Crippen LogP contribution in [0.25, 0.3) is 22.4 Å². The van der Waals surface area contributed by atoms with Crippen LogP contribution in [-0.4, -0.2) is 15.5 Å². The summed E-state index contributed by atoms with van der Waals surface area (Å²) < 4.78 is 2.41. The van der Waals surface area contributed by atoms with Gasteiger partial charge in [-0.05, 0) is 43.2 Å². The van der Waals surface area contributed by atoms with Crippen molar-refractivity contribution in [1.82, 2.24) is 9.55 Å². The molecule has 1 fully saturated rings. The number of fused-ring (bicyclic) bond motifs is 1. The number of benzene rings is 3. The lowest BCUT2D eigenvalue weighted by atomic mass is 9.95. The molecule has 1 heterocycles. The van der Waals surface area contributed by atoms with Crippen LogP contribution in [0.5, 0.6) is 0 Å². The van der Waals surface area contributed by atoms with Crippen molar-refractivity contribution in [2.75, 3.05) is 5.32 Å². The van der Waals surface area contributed by atoms with Crippen LogP contribution in [0.2, 0.25) is 0 Å². The Kier molecular flexibility index (Phi) is 5.06. The van der Waals surface area contributed by atoms with Gasteiger partial charge in [-0.3, -0.25) is 4.79 Å². The van der Waals surface area contributed by atoms with Gasteiger partial charge in [-0.15, -0.1) is 0 Å². The van der Waals surface area contributed by atoms with Crippen LogP contribution in [0.3, 0.4) is 0 Å². The van der Waals surface area contributed by atoms with Gasteiger partial charge in [-0.25, -0.2) is 4.98 Å². The normalized spacial score (nSPS) is 14.7. The molecule has 30 heavy (non-hydrogen) atoms. The predicted octanol–water partition coefficient (Wildman–Crippen LogP) is 6.46. The van der Waals surface area contributed by atoms with E-state index in [9.17, 15) is 4.79 Å². The predicted molar refractivity (Wildman–Crippen MR) is 122 cm³/mol. The van der Waals surface area contributed by atoms with Crippen LogP contribution in [0, 0.1) is 0 Å². The summed E-state index contributed by atoms with van der Waals surface area (Å²) in [5.74, 6) is 0.884. The summed E-state index contributed by atoms with van der Waals surface area (Å²) in [7, 11) is 0. The smallest absolute Gasteiger partial charge is 0.255 e. The molecule has 0 atom stereocenters. The molecule has 0 radical (unpaired) electrons. The van der Waals surface area contributed by atoms with Gasteiger partial charge in [0.15, 0.2) is 0 Å². The third kappa shape index (κ3) is 3.61. The highest BCUT2D eigenvalue weighted by Gasteiger charge is 2.23. The Bertz CT molecular complexity index is 1160. The number of nitrogens with one attached hydrogen (secondary N) is 1. The van der Waals surface area contributed by atoms with Gasteiger partial charge in [-0.1, -0.05) is 67.8 Å². The molecule has 1 aliphatic carbocycles. The maximum absolute atomic E-state index is 12.8. The van der Waals surface area contributed by atoms with E-state index in [0.29, 0.717) is 11.6 Å². The molecule has 1 aliphatic rings. The number of imidazole rings is 1. The second kappa shape index (κ2) is 8.15. The molecule has 5 rings (SSSR count). The Hall–Kier alpha value is -3.40. The second-order valence-electron chi connectivity index (χ2n) is 7.99. The van der Waals surface area contributed by atoms with Crippen molar-refractivity contribution in [2.24, 2.45) is 0 Å². The molecule has 0 spiro atoms. The van der Waals surface area contributed by atoms with Crippen molar-refractivity contribution in [3.05, 3.63) is 84.4 Å². The van der Waals surface area contributed by atoms with Crippen molar-refractivity contribution in [2.45, 2.75) is 38.1 Å². The molecule has 4 aromatic rings. The van der Waals surface area contributed by atoms with Crippen LogP contribution >= 0.6 is 0 Å². The fourth-order valence-electron chi connectivity index (χ4n) is 4.46. The number of rotatable bonds is 4. The van der Waals surface area contributed by atoms with Gasteiger partial charge in [0.2, 0.25) is 0 Å². The number of nitrogens with zero attached hydrogens (tertiary/aromatic N) is 2. The van der Waals surface area contributed by atoms with Crippen molar-refractivity contribution in [3.8, 4) is 11.4 Å². The molecule has 3 aromatic carbocycles. The monoisotopic (exact) mass is 395 g/mol. The van der Waals surface area contributed by atoms with Gasteiger partial charge in [-0.2, -0.15) is 0 Å². The molecular weight excluding hydrogens is 370 g/mol. The van der Waals surface area contributed by atoms with E-state index in [2.05, 4.69) is 40.2 Å². The van der Waals surface area contributed by atoms with E-state index >= 15 is 0 Å². The summed E-state index contributed by atoms with van der Waals surface area (Å²) in [4.78, 5) is 17.8. The Morgan fingerprint density at radius 2 is 1.57 bits per heavy atom. The summed E-state index contributed by atoms with van der Waals surface area (Å²) in [6.45, 7) is 0. The summed E-state index contributed by atoms with van der Waals surface area (Å²) in [5, 5.41) is 2.97. The first-order valence-electron chi connectivity index (χ1n) is 10.7. The van der Waals surface area contributed by atoms with Crippen LogP contribution in [0.4, 0.5) is 5.69 Å². The lowest BCUT2D eigenvalue weighted by molar-refractivity contribution is 0.102. The van der Waals surface area contributed by atoms with Gasteiger partial charge >= 0.3 is 0 Å². The molecule has 4 nitrogen and oxygen atoms in total. The first-order valence-corrected chi connectivity index (χ1v) is 10.7. The standard InChI is InChI=1S/C26H25N3O/c30-26(27-21-12-6-2-7-13-21)20-16-17-24-23(18-20)28-25(19-10-4-1-5-11-19)29(24)22-14-8-3-9-15-22/h1-2,4-7,10-13,16-18,22H,3,8-9,14-15H2,(H,27,30). The molecular formula is C26H25N3O. The summed E-state index contributed by atoms with van der Waals surface area (Å²) in [6, 6.07) is 26.3. The highest BCUT2D eigenvalue weighted by Crippen LogP contribution is 2.36. The molecule has 0 saturated heterocycles. The quantitative estimate of drug-likeness (QED) is 0.431. The maximum atomic E-state index is 12.8. The van der Waals surface area contributed by atoms with E-state index in [0.717, 1.165) is 28.1 Å². The number of hydrogen-bond donors (Lipinski definition) is 1. The molecule has 0 bridgehead atoms. The number of aromatic nitrogens is 2. The lowest BCUT2D eigenvalue weighted by Crippen LogP contribution is -2.14. The molecule has 1 saturated carbocycles. The Balaban J connectivity index is 1.56. The number of amides is 1. The highest BCUT2D eigenvalue weighted by atomic mass is 16.1. The Morgan fingerprint density at radius 1 is 0.867 bits per heavy atom. The number of para-hydroxylation sites is 1. The molecule has 1 N–H and O–H groups in total. The Labute approximate surface area is 176 Å². The van der Waals surface area contributed by atoms with E-state index in [1.807, 2.05) is 48.5 Å². The van der Waals surface area contributed by atoms with Crippen molar-refractivity contribution in [3.63, 3.8) is 0 Å². The van der Waals surface area contributed by atoms with Gasteiger partial charge in [0.25, 0.3) is 5.91 Å². The molecule has 1 amide bonds. The van der Waals surface area contributed by atoms with Crippen LogP contribution in [0.15, 0.2) is 78.9 Å².